The van der Waals surface area contributed by atoms with E-state index in [4.69, 9.17) is 0 Å². The van der Waals surface area contributed by atoms with Crippen LogP contribution in [0.4, 0.5) is 8.78 Å². The number of Topliss-reactive ketones (excluding diaryl/α,β-unsaturated/α-hetero) is 1. The zero-order valence-electron chi connectivity index (χ0n) is 15.6. The molecule has 6 nitrogen and oxygen atoms in total. The second-order valence-corrected chi connectivity index (χ2v) is 6.95. The summed E-state index contributed by atoms with van der Waals surface area (Å²) >= 11 is 0. The van der Waals surface area contributed by atoms with Crippen LogP contribution in [0.25, 0.3) is 5.69 Å². The van der Waals surface area contributed by atoms with Crippen molar-refractivity contribution in [3.63, 3.8) is 0 Å². The van der Waals surface area contributed by atoms with Crippen LogP contribution in [0.3, 0.4) is 0 Å². The highest BCUT2D eigenvalue weighted by Gasteiger charge is 2.17. The first-order valence-electron chi connectivity index (χ1n) is 9.39. The third-order valence-electron chi connectivity index (χ3n) is 4.98. The van der Waals surface area contributed by atoms with Crippen molar-refractivity contribution < 1.29 is 18.3 Å². The number of carbonyl (C=O) groups is 1. The van der Waals surface area contributed by atoms with E-state index in [1.807, 2.05) is 12.1 Å². The van der Waals surface area contributed by atoms with E-state index < -0.39 is 6.61 Å². The third-order valence-corrected chi connectivity index (χ3v) is 4.98. The normalized spacial score (nSPS) is 16.3. The molecular formula is C21H20F2N4O2. The second kappa shape index (κ2) is 8.48. The Morgan fingerprint density at radius 2 is 1.93 bits per heavy atom. The van der Waals surface area contributed by atoms with Crippen molar-refractivity contribution in [2.75, 3.05) is 13.1 Å². The topological polar surface area (TPSA) is 69.0 Å². The van der Waals surface area contributed by atoms with Gasteiger partial charge in [0.15, 0.2) is 5.78 Å². The molecule has 150 valence electrons. The van der Waals surface area contributed by atoms with E-state index in [1.54, 1.807) is 12.1 Å². The maximum atomic E-state index is 12.5. The molecule has 1 aromatic heterocycles. The van der Waals surface area contributed by atoms with Gasteiger partial charge in [0, 0.05) is 13.0 Å². The molecule has 1 aliphatic heterocycles. The standard InChI is InChI=1S/C21H20F2N4O2/c22-21(23)29-18-7-5-17(6-8-18)27-13-19(25-26-27)20(28)11-14-1-3-15(4-2-14)16-9-10-24-12-16/h1-8,13,16,21,24H,9-12H2. The van der Waals surface area contributed by atoms with Crippen molar-refractivity contribution in [1.29, 1.82) is 0 Å². The Morgan fingerprint density at radius 3 is 2.59 bits per heavy atom. The number of ketones is 1. The van der Waals surface area contributed by atoms with E-state index in [0.29, 0.717) is 11.6 Å². The maximum absolute atomic E-state index is 12.5. The number of nitrogens with zero attached hydrogens (tertiary/aromatic N) is 3. The highest BCUT2D eigenvalue weighted by molar-refractivity contribution is 5.95. The average molecular weight is 398 g/mol. The zero-order chi connectivity index (χ0) is 20.2. The minimum atomic E-state index is -2.87. The van der Waals surface area contributed by atoms with E-state index in [0.717, 1.165) is 25.1 Å². The molecule has 1 unspecified atom stereocenters. The van der Waals surface area contributed by atoms with Gasteiger partial charge in [0.2, 0.25) is 0 Å². The fourth-order valence-corrected chi connectivity index (χ4v) is 3.42. The van der Waals surface area contributed by atoms with Gasteiger partial charge < -0.3 is 10.1 Å². The van der Waals surface area contributed by atoms with Gasteiger partial charge in [0.25, 0.3) is 0 Å². The number of aromatic nitrogens is 3. The number of alkyl halides is 2. The number of ether oxygens (including phenoxy) is 1. The van der Waals surface area contributed by atoms with E-state index in [9.17, 15) is 13.6 Å². The van der Waals surface area contributed by atoms with E-state index >= 15 is 0 Å². The summed E-state index contributed by atoms with van der Waals surface area (Å²) in [5.41, 5.74) is 3.05. The molecule has 4 rings (SSSR count). The lowest BCUT2D eigenvalue weighted by Gasteiger charge is -2.09. The number of hydrogen-bond donors (Lipinski definition) is 1. The summed E-state index contributed by atoms with van der Waals surface area (Å²) in [6.07, 6.45) is 2.91. The maximum Gasteiger partial charge on any atom is 0.387 e. The Morgan fingerprint density at radius 1 is 1.17 bits per heavy atom. The van der Waals surface area contributed by atoms with Gasteiger partial charge in [0.05, 0.1) is 11.9 Å². The molecule has 1 atom stereocenters. The zero-order valence-corrected chi connectivity index (χ0v) is 15.6. The lowest BCUT2D eigenvalue weighted by atomic mass is 9.96. The number of benzene rings is 2. The summed E-state index contributed by atoms with van der Waals surface area (Å²) in [5.74, 6) is 0.457. The molecule has 8 heteroatoms. The first-order chi connectivity index (χ1) is 14.1. The molecule has 1 fully saturated rings. The number of nitrogens with one attached hydrogen (secondary N) is 1. The van der Waals surface area contributed by atoms with E-state index in [-0.39, 0.29) is 23.6 Å². The van der Waals surface area contributed by atoms with E-state index in [1.165, 1.54) is 28.6 Å². The summed E-state index contributed by atoms with van der Waals surface area (Å²) in [5, 5.41) is 11.3. The van der Waals surface area contributed by atoms with Gasteiger partial charge in [-0.2, -0.15) is 8.78 Å². The number of rotatable bonds is 7. The molecule has 3 aromatic rings. The molecule has 0 aliphatic carbocycles. The average Bonchev–Trinajstić information content (AvgIpc) is 3.41. The predicted octanol–water partition coefficient (Wildman–Crippen LogP) is 3.37. The molecule has 2 aromatic carbocycles. The smallest absolute Gasteiger partial charge is 0.387 e. The Bertz CT molecular complexity index is 965. The molecule has 1 saturated heterocycles. The second-order valence-electron chi connectivity index (χ2n) is 6.95. The van der Waals surface area contributed by atoms with Crippen LogP contribution in [0.15, 0.2) is 54.7 Å². The third kappa shape index (κ3) is 4.65. The van der Waals surface area contributed by atoms with Gasteiger partial charge in [0.1, 0.15) is 11.4 Å². The fraction of sp³-hybridized carbons (Fsp3) is 0.286. The van der Waals surface area contributed by atoms with Crippen molar-refractivity contribution in [3.8, 4) is 11.4 Å². The highest BCUT2D eigenvalue weighted by Crippen LogP contribution is 2.23. The number of carbonyl (C=O) groups excluding carboxylic acids is 1. The van der Waals surface area contributed by atoms with Crippen molar-refractivity contribution in [1.82, 2.24) is 20.3 Å². The summed E-state index contributed by atoms with van der Waals surface area (Å²) in [6, 6.07) is 14.1. The first-order valence-corrected chi connectivity index (χ1v) is 9.39. The highest BCUT2D eigenvalue weighted by atomic mass is 19.3. The van der Waals surface area contributed by atoms with Crippen molar-refractivity contribution in [2.24, 2.45) is 0 Å². The summed E-state index contributed by atoms with van der Waals surface area (Å²) in [6.45, 7) is -0.834. The Kier molecular flexibility index (Phi) is 5.62. The van der Waals surface area contributed by atoms with Crippen LogP contribution < -0.4 is 10.1 Å². The number of halogens is 2. The lowest BCUT2D eigenvalue weighted by molar-refractivity contribution is -0.0498. The largest absolute Gasteiger partial charge is 0.435 e. The van der Waals surface area contributed by atoms with Crippen molar-refractivity contribution >= 4 is 5.78 Å². The molecule has 2 heterocycles. The van der Waals surface area contributed by atoms with Gasteiger partial charge in [-0.25, -0.2) is 4.68 Å². The predicted molar refractivity (Wildman–Crippen MR) is 103 cm³/mol. The lowest BCUT2D eigenvalue weighted by Crippen LogP contribution is -2.08. The van der Waals surface area contributed by atoms with Gasteiger partial charge in [-0.3, -0.25) is 4.79 Å². The summed E-state index contributed by atoms with van der Waals surface area (Å²) < 4.78 is 30.2. The molecule has 1 N–H and O–H groups in total. The summed E-state index contributed by atoms with van der Waals surface area (Å²) in [7, 11) is 0. The van der Waals surface area contributed by atoms with Crippen LogP contribution in [0.2, 0.25) is 0 Å². The van der Waals surface area contributed by atoms with Crippen LogP contribution >= 0.6 is 0 Å². The van der Waals surface area contributed by atoms with Gasteiger partial charge in [-0.15, -0.1) is 5.10 Å². The molecule has 0 saturated carbocycles. The van der Waals surface area contributed by atoms with Crippen LogP contribution in [0, 0.1) is 0 Å². The van der Waals surface area contributed by atoms with Crippen LogP contribution in [-0.4, -0.2) is 40.5 Å². The molecule has 0 radical (unpaired) electrons. The fourth-order valence-electron chi connectivity index (χ4n) is 3.42. The van der Waals surface area contributed by atoms with Crippen LogP contribution in [0.5, 0.6) is 5.75 Å². The van der Waals surface area contributed by atoms with Crippen LogP contribution in [-0.2, 0) is 6.42 Å². The molecular weight excluding hydrogens is 378 g/mol. The van der Waals surface area contributed by atoms with Crippen molar-refractivity contribution in [2.45, 2.75) is 25.4 Å². The molecule has 1 aliphatic rings. The number of hydrogen-bond acceptors (Lipinski definition) is 5. The first kappa shape index (κ1) is 19.2. The van der Waals surface area contributed by atoms with Crippen LogP contribution in [0.1, 0.15) is 34.0 Å². The molecule has 0 bridgehead atoms. The van der Waals surface area contributed by atoms with E-state index in [2.05, 4.69) is 32.5 Å². The van der Waals surface area contributed by atoms with Gasteiger partial charge >= 0.3 is 6.61 Å². The Labute approximate surface area is 166 Å². The SMILES string of the molecule is O=C(Cc1ccc(C2CCNC2)cc1)c1cn(-c2ccc(OC(F)F)cc2)nn1. The molecule has 0 spiro atoms. The minimum absolute atomic E-state index is 0.0528. The monoisotopic (exact) mass is 398 g/mol. The van der Waals surface area contributed by atoms with Gasteiger partial charge in [-0.1, -0.05) is 29.5 Å². The van der Waals surface area contributed by atoms with Gasteiger partial charge in [-0.05, 0) is 54.3 Å². The van der Waals surface area contributed by atoms with Crippen molar-refractivity contribution in [3.05, 3.63) is 71.5 Å². The molecule has 29 heavy (non-hydrogen) atoms. The quantitative estimate of drug-likeness (QED) is 0.618. The Balaban J connectivity index is 1.40. The Hall–Kier alpha value is -3.13. The summed E-state index contributed by atoms with van der Waals surface area (Å²) in [4.78, 5) is 12.5. The minimum Gasteiger partial charge on any atom is -0.435 e. The molecule has 0 amide bonds.